The van der Waals surface area contributed by atoms with E-state index in [2.05, 4.69) is 20.9 Å². The summed E-state index contributed by atoms with van der Waals surface area (Å²) in [5, 5.41) is 7.97. The van der Waals surface area contributed by atoms with Crippen LogP contribution in [0.15, 0.2) is 4.99 Å². The minimum atomic E-state index is -1.44. The monoisotopic (exact) mass is 539 g/mol. The molecule has 216 valence electrons. The number of nitrogens with two attached hydrogens (primary N) is 3. The van der Waals surface area contributed by atoms with E-state index in [1.54, 1.807) is 6.92 Å². The Kier molecular flexibility index (Phi) is 13.2. The predicted octanol–water partition coefficient (Wildman–Crippen LogP) is -0.790. The van der Waals surface area contributed by atoms with Gasteiger partial charge in [-0.15, -0.1) is 0 Å². The van der Waals surface area contributed by atoms with Crippen molar-refractivity contribution in [1.82, 2.24) is 16.0 Å². The normalized spacial score (nSPS) is 21.1. The summed E-state index contributed by atoms with van der Waals surface area (Å²) in [5.74, 6) is -3.29. The van der Waals surface area contributed by atoms with E-state index >= 15 is 0 Å². The van der Waals surface area contributed by atoms with Gasteiger partial charge in [0.2, 0.25) is 17.7 Å². The molecule has 1 aliphatic carbocycles. The fourth-order valence-corrected chi connectivity index (χ4v) is 4.62. The summed E-state index contributed by atoms with van der Waals surface area (Å²) in [6.45, 7) is 8.68. The average molecular weight is 540 g/mol. The van der Waals surface area contributed by atoms with Crippen LogP contribution in [0.4, 0.5) is 0 Å². The Morgan fingerprint density at radius 3 is 2.21 bits per heavy atom. The number of hydrogen-bond donors (Lipinski definition) is 6. The number of ketones is 1. The fourth-order valence-electron chi connectivity index (χ4n) is 4.62. The van der Waals surface area contributed by atoms with E-state index in [0.29, 0.717) is 32.1 Å². The van der Waals surface area contributed by atoms with Crippen LogP contribution in [0.5, 0.6) is 0 Å². The Bertz CT molecular complexity index is 889. The van der Waals surface area contributed by atoms with Crippen LogP contribution in [-0.4, -0.2) is 72.2 Å². The molecule has 2 unspecified atom stereocenters. The Hall–Kier alpha value is -3.22. The van der Waals surface area contributed by atoms with Crippen molar-refractivity contribution in [3.05, 3.63) is 0 Å². The molecule has 0 aromatic heterocycles. The van der Waals surface area contributed by atoms with E-state index in [1.165, 1.54) is 13.8 Å². The summed E-state index contributed by atoms with van der Waals surface area (Å²) in [6.07, 6.45) is 2.21. The first-order valence-corrected chi connectivity index (χ1v) is 13.2. The zero-order chi connectivity index (χ0) is 29.0. The molecule has 13 nitrogen and oxygen atoms in total. The number of carbonyl (C=O) groups excluding carboxylic acids is 5. The molecule has 0 spiro atoms. The van der Waals surface area contributed by atoms with E-state index in [0.717, 1.165) is 0 Å². The van der Waals surface area contributed by atoms with Gasteiger partial charge in [-0.05, 0) is 51.9 Å². The predicted molar refractivity (Wildman–Crippen MR) is 142 cm³/mol. The lowest BCUT2D eigenvalue weighted by Crippen LogP contribution is -2.59. The molecule has 1 aliphatic rings. The van der Waals surface area contributed by atoms with Crippen LogP contribution < -0.4 is 33.2 Å². The first kappa shape index (κ1) is 32.8. The first-order valence-electron chi connectivity index (χ1n) is 13.2. The van der Waals surface area contributed by atoms with Crippen molar-refractivity contribution in [2.24, 2.45) is 34.0 Å². The molecule has 1 rings (SSSR count). The third kappa shape index (κ3) is 9.92. The van der Waals surface area contributed by atoms with Crippen molar-refractivity contribution in [2.45, 2.75) is 96.8 Å². The minimum Gasteiger partial charge on any atom is -0.465 e. The maximum absolute atomic E-state index is 13.3. The molecule has 1 saturated carbocycles. The Morgan fingerprint density at radius 2 is 1.66 bits per heavy atom. The van der Waals surface area contributed by atoms with Crippen LogP contribution in [0, 0.1) is 11.8 Å². The van der Waals surface area contributed by atoms with Gasteiger partial charge in [0.05, 0.1) is 12.6 Å². The molecule has 1 fully saturated rings. The molecular weight excluding hydrogens is 494 g/mol. The topological polar surface area (TPSA) is 221 Å². The molecule has 9 N–H and O–H groups in total. The van der Waals surface area contributed by atoms with Gasteiger partial charge in [-0.3, -0.25) is 29.0 Å². The van der Waals surface area contributed by atoms with Gasteiger partial charge in [0.15, 0.2) is 11.7 Å². The summed E-state index contributed by atoms with van der Waals surface area (Å²) in [6, 6.07) is -2.83. The molecule has 0 heterocycles. The van der Waals surface area contributed by atoms with E-state index in [9.17, 15) is 24.0 Å². The van der Waals surface area contributed by atoms with Crippen molar-refractivity contribution >= 4 is 35.4 Å². The van der Waals surface area contributed by atoms with Crippen LogP contribution in [0.2, 0.25) is 0 Å². The van der Waals surface area contributed by atoms with Gasteiger partial charge in [-0.2, -0.15) is 0 Å². The molecule has 13 heteroatoms. The van der Waals surface area contributed by atoms with E-state index < -0.39 is 47.4 Å². The molecule has 0 aromatic carbocycles. The SMILES string of the molecule is CCOC(=O)C1(N)CCCC1C(=O)[C@H](C)NC(=O)[C@H](CCCN=C(N)N)NC(=O)[C@H](CC(C)C)NC(C)=O. The van der Waals surface area contributed by atoms with Crippen molar-refractivity contribution in [2.75, 3.05) is 13.2 Å². The average Bonchev–Trinajstić information content (AvgIpc) is 3.21. The van der Waals surface area contributed by atoms with Crippen LogP contribution >= 0.6 is 0 Å². The van der Waals surface area contributed by atoms with Crippen molar-refractivity contribution in [3.63, 3.8) is 0 Å². The quantitative estimate of drug-likeness (QED) is 0.0663. The molecule has 0 saturated heterocycles. The van der Waals surface area contributed by atoms with E-state index in [-0.39, 0.29) is 43.1 Å². The molecule has 5 atom stereocenters. The second kappa shape index (κ2) is 15.3. The third-order valence-corrected chi connectivity index (χ3v) is 6.47. The smallest absolute Gasteiger partial charge is 0.326 e. The first-order chi connectivity index (χ1) is 17.7. The Morgan fingerprint density at radius 1 is 1.03 bits per heavy atom. The van der Waals surface area contributed by atoms with Gasteiger partial charge in [0.25, 0.3) is 0 Å². The number of hydrogen-bond acceptors (Lipinski definition) is 8. The van der Waals surface area contributed by atoms with Gasteiger partial charge in [-0.25, -0.2) is 0 Å². The summed E-state index contributed by atoms with van der Waals surface area (Å²) < 4.78 is 5.09. The lowest BCUT2D eigenvalue weighted by Gasteiger charge is -2.30. The van der Waals surface area contributed by atoms with Crippen LogP contribution in [0.1, 0.15) is 73.1 Å². The third-order valence-electron chi connectivity index (χ3n) is 6.47. The number of nitrogens with zero attached hydrogens (tertiary/aromatic N) is 1. The van der Waals surface area contributed by atoms with E-state index in [4.69, 9.17) is 21.9 Å². The van der Waals surface area contributed by atoms with Crippen molar-refractivity contribution in [1.29, 1.82) is 0 Å². The Labute approximate surface area is 224 Å². The number of guanidine groups is 1. The summed E-state index contributed by atoms with van der Waals surface area (Å²) in [7, 11) is 0. The van der Waals surface area contributed by atoms with Gasteiger partial charge in [0, 0.05) is 19.4 Å². The van der Waals surface area contributed by atoms with Gasteiger partial charge in [-0.1, -0.05) is 20.3 Å². The second-order valence-corrected chi connectivity index (χ2v) is 10.2. The number of nitrogens with one attached hydrogen (secondary N) is 3. The largest absolute Gasteiger partial charge is 0.465 e. The van der Waals surface area contributed by atoms with Crippen molar-refractivity contribution in [3.8, 4) is 0 Å². The summed E-state index contributed by atoms with van der Waals surface area (Å²) in [5.41, 5.74) is 15.6. The lowest BCUT2D eigenvalue weighted by molar-refractivity contribution is -0.153. The molecule has 0 bridgehead atoms. The van der Waals surface area contributed by atoms with Crippen LogP contribution in [-0.2, 0) is 28.7 Å². The standard InChI is InChI=1S/C25H45N7O6/c1-6-38-23(37)25(28)11-7-9-17(25)20(34)15(4)30-21(35)18(10-8-12-29-24(26)27)32-22(36)19(13-14(2)3)31-16(5)33/h14-15,17-19H,6-13,28H2,1-5H3,(H,30,35)(H,31,33)(H,32,36)(H4,26,27,29)/t15-,17?,18-,19-,25?/m0/s1. The highest BCUT2D eigenvalue weighted by atomic mass is 16.5. The maximum atomic E-state index is 13.3. The highest BCUT2D eigenvalue weighted by Gasteiger charge is 2.51. The van der Waals surface area contributed by atoms with Gasteiger partial charge in [0.1, 0.15) is 17.6 Å². The molecule has 0 radical (unpaired) electrons. The highest BCUT2D eigenvalue weighted by Crippen LogP contribution is 2.36. The molecule has 38 heavy (non-hydrogen) atoms. The molecular formula is C25H45N7O6. The zero-order valence-electron chi connectivity index (χ0n) is 23.2. The highest BCUT2D eigenvalue weighted by molar-refractivity contribution is 5.98. The van der Waals surface area contributed by atoms with Gasteiger partial charge >= 0.3 is 5.97 Å². The number of esters is 1. The minimum absolute atomic E-state index is 0.0969. The fraction of sp³-hybridized carbons (Fsp3) is 0.760. The number of amides is 3. The summed E-state index contributed by atoms with van der Waals surface area (Å²) in [4.78, 5) is 67.5. The van der Waals surface area contributed by atoms with Crippen LogP contribution in [0.25, 0.3) is 0 Å². The van der Waals surface area contributed by atoms with Crippen molar-refractivity contribution < 1.29 is 28.7 Å². The van der Waals surface area contributed by atoms with Crippen LogP contribution in [0.3, 0.4) is 0 Å². The molecule has 0 aliphatic heterocycles. The number of carbonyl (C=O) groups is 5. The second-order valence-electron chi connectivity index (χ2n) is 10.2. The zero-order valence-corrected chi connectivity index (χ0v) is 23.2. The lowest BCUT2D eigenvalue weighted by atomic mass is 9.82. The number of Topliss-reactive ketones (excluding diaryl/α,β-unsaturated/α-hetero) is 1. The molecule has 0 aromatic rings. The summed E-state index contributed by atoms with van der Waals surface area (Å²) >= 11 is 0. The van der Waals surface area contributed by atoms with Gasteiger partial charge < -0.3 is 37.9 Å². The molecule has 3 amide bonds. The van der Waals surface area contributed by atoms with E-state index in [1.807, 2.05) is 13.8 Å². The number of rotatable bonds is 15. The Balaban J connectivity index is 3.02. The maximum Gasteiger partial charge on any atom is 0.326 e. The number of ether oxygens (including phenoxy) is 1. The number of aliphatic imine (C=N–C) groups is 1.